The summed E-state index contributed by atoms with van der Waals surface area (Å²) in [5.41, 5.74) is 2.23. The minimum atomic E-state index is -0.945. The van der Waals surface area contributed by atoms with Crippen LogP contribution in [-0.2, 0) is 9.59 Å². The van der Waals surface area contributed by atoms with Gasteiger partial charge in [0, 0.05) is 21.8 Å². The van der Waals surface area contributed by atoms with E-state index in [0.29, 0.717) is 32.0 Å². The predicted octanol–water partition coefficient (Wildman–Crippen LogP) is 5.93. The van der Waals surface area contributed by atoms with Crippen LogP contribution in [0.1, 0.15) is 22.9 Å². The van der Waals surface area contributed by atoms with Crippen molar-refractivity contribution in [1.29, 1.82) is 0 Å². The van der Waals surface area contributed by atoms with Crippen LogP contribution in [-0.4, -0.2) is 26.8 Å². The van der Waals surface area contributed by atoms with E-state index in [1.165, 1.54) is 16.2 Å². The Morgan fingerprint density at radius 2 is 1.85 bits per heavy atom. The second kappa shape index (κ2) is 8.26. The SMILES string of the molecule is Cc1cc2sc(N3C(=O)C(=O)/C(=C(/O)c4ccc(Cl)cc4)C3c3ccccn3)nc2cc1Cl. The Kier molecular flexibility index (Phi) is 5.40. The lowest BCUT2D eigenvalue weighted by Gasteiger charge is -2.21. The van der Waals surface area contributed by atoms with E-state index in [0.717, 1.165) is 10.3 Å². The van der Waals surface area contributed by atoms with Crippen molar-refractivity contribution in [1.82, 2.24) is 9.97 Å². The highest BCUT2D eigenvalue weighted by Gasteiger charge is 2.48. The average molecular weight is 496 g/mol. The first kappa shape index (κ1) is 21.6. The van der Waals surface area contributed by atoms with E-state index in [1.807, 2.05) is 13.0 Å². The van der Waals surface area contributed by atoms with Crippen molar-refractivity contribution in [2.75, 3.05) is 4.90 Å². The van der Waals surface area contributed by atoms with Gasteiger partial charge in [0.05, 0.1) is 21.5 Å². The molecule has 0 bridgehead atoms. The molecule has 0 spiro atoms. The van der Waals surface area contributed by atoms with Gasteiger partial charge in [-0.05, 0) is 61.0 Å². The van der Waals surface area contributed by atoms with Gasteiger partial charge in [0.1, 0.15) is 11.8 Å². The van der Waals surface area contributed by atoms with Gasteiger partial charge in [0.25, 0.3) is 5.78 Å². The van der Waals surface area contributed by atoms with E-state index in [-0.39, 0.29) is 11.3 Å². The molecular weight excluding hydrogens is 481 g/mol. The Bertz CT molecular complexity index is 1410. The average Bonchev–Trinajstić information content (AvgIpc) is 3.32. The summed E-state index contributed by atoms with van der Waals surface area (Å²) in [5.74, 6) is -1.90. The number of hydrogen-bond donors (Lipinski definition) is 1. The smallest absolute Gasteiger partial charge is 0.301 e. The van der Waals surface area contributed by atoms with E-state index in [2.05, 4.69) is 9.97 Å². The summed E-state index contributed by atoms with van der Waals surface area (Å²) >= 11 is 13.5. The Morgan fingerprint density at radius 3 is 2.55 bits per heavy atom. The molecule has 5 rings (SSSR count). The highest BCUT2D eigenvalue weighted by Crippen LogP contribution is 2.44. The Morgan fingerprint density at radius 1 is 1.09 bits per heavy atom. The number of carbonyl (C=O) groups is 2. The Balaban J connectivity index is 1.72. The number of fused-ring (bicyclic) bond motifs is 1. The van der Waals surface area contributed by atoms with Crippen LogP contribution >= 0.6 is 34.5 Å². The molecule has 1 fully saturated rings. The van der Waals surface area contributed by atoms with Gasteiger partial charge < -0.3 is 5.11 Å². The molecule has 0 radical (unpaired) electrons. The van der Waals surface area contributed by atoms with Crippen LogP contribution in [0.3, 0.4) is 0 Å². The fourth-order valence-electron chi connectivity index (χ4n) is 3.75. The minimum absolute atomic E-state index is 0.0607. The number of ketones is 1. The summed E-state index contributed by atoms with van der Waals surface area (Å²) in [5, 5.41) is 12.4. The fraction of sp³-hybridized carbons (Fsp3) is 0.0833. The maximum absolute atomic E-state index is 13.2. The number of rotatable bonds is 3. The molecule has 6 nitrogen and oxygen atoms in total. The van der Waals surface area contributed by atoms with Crippen LogP contribution in [0, 0.1) is 6.92 Å². The number of anilines is 1. The van der Waals surface area contributed by atoms with Crippen LogP contribution in [0.4, 0.5) is 5.13 Å². The van der Waals surface area contributed by atoms with E-state index in [4.69, 9.17) is 23.2 Å². The summed E-state index contributed by atoms with van der Waals surface area (Å²) in [6, 6.07) is 14.2. The molecular formula is C24H15Cl2N3O3S. The molecule has 1 atom stereocenters. The third-order valence-corrected chi connectivity index (χ3v) is 7.07. The monoisotopic (exact) mass is 495 g/mol. The number of Topliss-reactive ketones (excluding diaryl/α,β-unsaturated/α-hetero) is 1. The molecule has 0 aliphatic carbocycles. The molecule has 1 amide bonds. The van der Waals surface area contributed by atoms with Crippen molar-refractivity contribution < 1.29 is 14.7 Å². The molecule has 1 N–H and O–H groups in total. The highest BCUT2D eigenvalue weighted by atomic mass is 35.5. The van der Waals surface area contributed by atoms with Crippen LogP contribution in [0.15, 0.2) is 66.4 Å². The number of amides is 1. The maximum Gasteiger partial charge on any atom is 0.301 e. The quantitative estimate of drug-likeness (QED) is 0.216. The molecule has 1 unspecified atom stereocenters. The lowest BCUT2D eigenvalue weighted by atomic mass is 9.98. The Labute approximate surface area is 202 Å². The number of aryl methyl sites for hydroxylation is 1. The molecule has 1 saturated heterocycles. The number of aliphatic hydroxyl groups excluding tert-OH is 1. The highest BCUT2D eigenvalue weighted by molar-refractivity contribution is 7.22. The van der Waals surface area contributed by atoms with Crippen molar-refractivity contribution in [3.8, 4) is 0 Å². The summed E-state index contributed by atoms with van der Waals surface area (Å²) < 4.78 is 0.825. The zero-order valence-electron chi connectivity index (χ0n) is 17.1. The van der Waals surface area contributed by atoms with Gasteiger partial charge in [-0.1, -0.05) is 40.6 Å². The lowest BCUT2D eigenvalue weighted by molar-refractivity contribution is -0.132. The standard InChI is InChI=1S/C24H15Cl2N3O3S/c1-12-10-18-17(11-15(12)26)28-24(33-18)29-20(16-4-2-3-9-27-16)19(22(31)23(29)32)21(30)13-5-7-14(25)8-6-13/h2-11,20,30H,1H3/b21-19+. The first-order valence-corrected chi connectivity index (χ1v) is 11.5. The van der Waals surface area contributed by atoms with Crippen LogP contribution in [0.2, 0.25) is 10.0 Å². The van der Waals surface area contributed by atoms with Crippen LogP contribution < -0.4 is 4.90 Å². The Hall–Kier alpha value is -3.26. The second-order valence-electron chi connectivity index (χ2n) is 7.50. The third-order valence-electron chi connectivity index (χ3n) is 5.39. The number of nitrogens with zero attached hydrogens (tertiary/aromatic N) is 3. The number of halogens is 2. The van der Waals surface area contributed by atoms with Gasteiger partial charge in [0.15, 0.2) is 5.13 Å². The molecule has 2 aromatic heterocycles. The largest absolute Gasteiger partial charge is 0.507 e. The second-order valence-corrected chi connectivity index (χ2v) is 9.35. The third kappa shape index (κ3) is 3.68. The number of hydrogen-bond acceptors (Lipinski definition) is 6. The van der Waals surface area contributed by atoms with Crippen LogP contribution in [0.25, 0.3) is 16.0 Å². The molecule has 0 saturated carbocycles. The molecule has 2 aromatic carbocycles. The van der Waals surface area contributed by atoms with E-state index < -0.39 is 17.7 Å². The molecule has 33 heavy (non-hydrogen) atoms. The number of aliphatic hydroxyl groups is 1. The van der Waals surface area contributed by atoms with Crippen molar-refractivity contribution in [2.45, 2.75) is 13.0 Å². The van der Waals surface area contributed by atoms with E-state index in [1.54, 1.807) is 54.7 Å². The zero-order valence-corrected chi connectivity index (χ0v) is 19.4. The minimum Gasteiger partial charge on any atom is -0.507 e. The van der Waals surface area contributed by atoms with Gasteiger partial charge in [0.2, 0.25) is 0 Å². The summed E-state index contributed by atoms with van der Waals surface area (Å²) in [7, 11) is 0. The molecule has 3 heterocycles. The number of aromatic nitrogens is 2. The number of pyridine rings is 1. The molecule has 1 aliphatic rings. The molecule has 1 aliphatic heterocycles. The van der Waals surface area contributed by atoms with Gasteiger partial charge in [-0.3, -0.25) is 19.5 Å². The van der Waals surface area contributed by atoms with Gasteiger partial charge in [-0.25, -0.2) is 4.98 Å². The van der Waals surface area contributed by atoms with Gasteiger partial charge in [-0.2, -0.15) is 0 Å². The first-order valence-electron chi connectivity index (χ1n) is 9.89. The van der Waals surface area contributed by atoms with Crippen molar-refractivity contribution in [2.24, 2.45) is 0 Å². The summed E-state index contributed by atoms with van der Waals surface area (Å²) in [4.78, 5) is 36.6. The normalized spacial score (nSPS) is 17.8. The lowest BCUT2D eigenvalue weighted by Crippen LogP contribution is -2.29. The number of benzene rings is 2. The predicted molar refractivity (Wildman–Crippen MR) is 130 cm³/mol. The zero-order chi connectivity index (χ0) is 23.3. The summed E-state index contributed by atoms with van der Waals surface area (Å²) in [6.45, 7) is 1.88. The van der Waals surface area contributed by atoms with Crippen molar-refractivity contribution in [3.63, 3.8) is 0 Å². The molecule has 4 aromatic rings. The first-order chi connectivity index (χ1) is 15.8. The maximum atomic E-state index is 13.2. The number of thiazole rings is 1. The number of carbonyl (C=O) groups excluding carboxylic acids is 2. The molecule has 164 valence electrons. The van der Waals surface area contributed by atoms with Gasteiger partial charge >= 0.3 is 5.91 Å². The summed E-state index contributed by atoms with van der Waals surface area (Å²) in [6.07, 6.45) is 1.57. The van der Waals surface area contributed by atoms with Gasteiger partial charge in [-0.15, -0.1) is 0 Å². The van der Waals surface area contributed by atoms with Crippen LogP contribution in [0.5, 0.6) is 0 Å². The van der Waals surface area contributed by atoms with Crippen molar-refractivity contribution >= 4 is 67.3 Å². The van der Waals surface area contributed by atoms with E-state index in [9.17, 15) is 14.7 Å². The van der Waals surface area contributed by atoms with E-state index >= 15 is 0 Å². The topological polar surface area (TPSA) is 83.4 Å². The molecule has 9 heteroatoms. The van der Waals surface area contributed by atoms with Crippen molar-refractivity contribution in [3.05, 3.63) is 93.2 Å². The fourth-order valence-corrected chi connectivity index (χ4v) is 5.11.